The third-order valence-electron chi connectivity index (χ3n) is 3.10. The molecule has 0 unspecified atom stereocenters. The number of hydrogen-bond acceptors (Lipinski definition) is 3. The molecule has 2 N–H and O–H groups in total. The Balaban J connectivity index is 2.84. The summed E-state index contributed by atoms with van der Waals surface area (Å²) in [6.07, 6.45) is 1.14. The average Bonchev–Trinajstić information content (AvgIpc) is 2.37. The molecule has 2 rings (SSSR count). The number of carbonyl (C=O) groups is 1. The van der Waals surface area contributed by atoms with Gasteiger partial charge >= 0.3 is 0 Å². The minimum atomic E-state index is -3.39. The topological polar surface area (TPSA) is 77.2 Å². The van der Waals surface area contributed by atoms with Gasteiger partial charge in [0.1, 0.15) is 0 Å². The Morgan fingerprint density at radius 3 is 2.20 bits per heavy atom. The zero-order valence-corrected chi connectivity index (χ0v) is 12.1. The fourth-order valence-electron chi connectivity index (χ4n) is 2.23. The molecular weight excluding hydrogens is 274 g/mol. The highest BCUT2D eigenvalue weighted by Crippen LogP contribution is 2.31. The molecule has 104 valence electrons. The van der Waals surface area contributed by atoms with Gasteiger partial charge in [0.2, 0.25) is 5.91 Å². The van der Waals surface area contributed by atoms with Crippen LogP contribution < -0.4 is 5.73 Å². The van der Waals surface area contributed by atoms with Gasteiger partial charge in [-0.15, -0.1) is 0 Å². The first-order chi connectivity index (χ1) is 9.32. The summed E-state index contributed by atoms with van der Waals surface area (Å²) in [5.41, 5.74) is 7.53. The van der Waals surface area contributed by atoms with Crippen LogP contribution in [0.25, 0.3) is 11.1 Å². The van der Waals surface area contributed by atoms with E-state index in [1.807, 2.05) is 0 Å². The molecule has 0 fully saturated rings. The van der Waals surface area contributed by atoms with E-state index in [-0.39, 0.29) is 4.90 Å². The van der Waals surface area contributed by atoms with E-state index in [1.54, 1.807) is 43.3 Å². The largest absolute Gasteiger partial charge is 0.366 e. The first-order valence-corrected chi connectivity index (χ1v) is 7.90. The number of nitrogens with two attached hydrogens (primary N) is 1. The third-order valence-corrected chi connectivity index (χ3v) is 4.25. The lowest BCUT2D eigenvalue weighted by molar-refractivity contribution is 0.100. The van der Waals surface area contributed by atoms with Crippen molar-refractivity contribution < 1.29 is 13.2 Å². The Labute approximate surface area is 118 Å². The molecule has 0 aliphatic heterocycles. The number of carbonyl (C=O) groups excluding carboxylic acids is 1. The molecule has 0 bridgehead atoms. The van der Waals surface area contributed by atoms with Crippen molar-refractivity contribution in [3.63, 3.8) is 0 Å². The third kappa shape index (κ3) is 2.58. The number of aryl methyl sites for hydroxylation is 1. The molecule has 0 heterocycles. The van der Waals surface area contributed by atoms with Crippen LogP contribution in [0.15, 0.2) is 47.4 Å². The SMILES string of the molecule is Cc1cccc(-c2ccccc2S(C)(=O)=O)c1C(N)=O. The van der Waals surface area contributed by atoms with E-state index in [9.17, 15) is 13.2 Å². The fourth-order valence-corrected chi connectivity index (χ4v) is 3.13. The second-order valence-electron chi connectivity index (χ2n) is 4.63. The number of hydrogen-bond donors (Lipinski definition) is 1. The van der Waals surface area contributed by atoms with Crippen LogP contribution in [0.5, 0.6) is 0 Å². The van der Waals surface area contributed by atoms with Crippen molar-refractivity contribution >= 4 is 15.7 Å². The van der Waals surface area contributed by atoms with E-state index in [0.717, 1.165) is 11.8 Å². The van der Waals surface area contributed by atoms with Gasteiger partial charge in [0.25, 0.3) is 0 Å². The maximum atomic E-state index is 11.9. The van der Waals surface area contributed by atoms with Gasteiger partial charge in [0.05, 0.1) is 4.90 Å². The highest BCUT2D eigenvalue weighted by atomic mass is 32.2. The van der Waals surface area contributed by atoms with Crippen LogP contribution in [0.2, 0.25) is 0 Å². The lowest BCUT2D eigenvalue weighted by Crippen LogP contribution is -2.14. The van der Waals surface area contributed by atoms with E-state index >= 15 is 0 Å². The minimum absolute atomic E-state index is 0.188. The highest BCUT2D eigenvalue weighted by molar-refractivity contribution is 7.90. The smallest absolute Gasteiger partial charge is 0.249 e. The molecule has 0 radical (unpaired) electrons. The number of sulfone groups is 1. The molecule has 0 saturated carbocycles. The van der Waals surface area contributed by atoms with Crippen LogP contribution in [0, 0.1) is 6.92 Å². The molecule has 2 aromatic carbocycles. The van der Waals surface area contributed by atoms with Crippen molar-refractivity contribution in [2.45, 2.75) is 11.8 Å². The Morgan fingerprint density at radius 2 is 1.60 bits per heavy atom. The summed E-state index contributed by atoms with van der Waals surface area (Å²) in [5.74, 6) is -0.568. The summed E-state index contributed by atoms with van der Waals surface area (Å²) in [4.78, 5) is 11.8. The first-order valence-electron chi connectivity index (χ1n) is 6.01. The van der Waals surface area contributed by atoms with Crippen molar-refractivity contribution in [3.8, 4) is 11.1 Å². The second kappa shape index (κ2) is 5.09. The quantitative estimate of drug-likeness (QED) is 0.940. The van der Waals surface area contributed by atoms with Gasteiger partial charge in [-0.1, -0.05) is 36.4 Å². The Bertz CT molecular complexity index is 779. The standard InChI is InChI=1S/C15H15NO3S/c1-10-6-5-8-12(14(10)15(16)17)11-7-3-4-9-13(11)20(2,18)19/h3-9H,1-2H3,(H2,16,17). The predicted molar refractivity (Wildman–Crippen MR) is 78.2 cm³/mol. The van der Waals surface area contributed by atoms with E-state index in [1.165, 1.54) is 6.07 Å². The van der Waals surface area contributed by atoms with E-state index in [2.05, 4.69) is 0 Å². The van der Waals surface area contributed by atoms with Gasteiger partial charge < -0.3 is 5.73 Å². The fraction of sp³-hybridized carbons (Fsp3) is 0.133. The van der Waals surface area contributed by atoms with E-state index in [4.69, 9.17) is 5.73 Å². The lowest BCUT2D eigenvalue weighted by atomic mass is 9.95. The van der Waals surface area contributed by atoms with E-state index in [0.29, 0.717) is 16.7 Å². The molecular formula is C15H15NO3S. The van der Waals surface area contributed by atoms with Gasteiger partial charge in [0.15, 0.2) is 9.84 Å². The molecule has 2 aromatic rings. The monoisotopic (exact) mass is 289 g/mol. The predicted octanol–water partition coefficient (Wildman–Crippen LogP) is 2.16. The number of amides is 1. The van der Waals surface area contributed by atoms with Crippen LogP contribution in [0.4, 0.5) is 0 Å². The molecule has 0 atom stereocenters. The summed E-state index contributed by atoms with van der Waals surface area (Å²) in [5, 5.41) is 0. The Morgan fingerprint density at radius 1 is 1.00 bits per heavy atom. The number of rotatable bonds is 3. The summed E-state index contributed by atoms with van der Waals surface area (Å²) < 4.78 is 23.8. The van der Waals surface area contributed by atoms with E-state index < -0.39 is 15.7 Å². The molecule has 5 heteroatoms. The maximum absolute atomic E-state index is 11.9. The first kappa shape index (κ1) is 14.3. The molecule has 1 amide bonds. The summed E-state index contributed by atoms with van der Waals surface area (Å²) in [6, 6.07) is 11.8. The molecule has 0 aliphatic rings. The molecule has 0 aliphatic carbocycles. The lowest BCUT2D eigenvalue weighted by Gasteiger charge is -2.13. The second-order valence-corrected chi connectivity index (χ2v) is 6.61. The summed E-state index contributed by atoms with van der Waals surface area (Å²) >= 11 is 0. The van der Waals surface area contributed by atoms with Crippen molar-refractivity contribution in [2.24, 2.45) is 5.73 Å². The van der Waals surface area contributed by atoms with Gasteiger partial charge in [-0.25, -0.2) is 8.42 Å². The van der Waals surface area contributed by atoms with Gasteiger partial charge in [-0.05, 0) is 24.1 Å². The van der Waals surface area contributed by atoms with Crippen LogP contribution >= 0.6 is 0 Å². The van der Waals surface area contributed by atoms with Gasteiger partial charge in [0, 0.05) is 17.4 Å². The van der Waals surface area contributed by atoms with Crippen molar-refractivity contribution in [1.82, 2.24) is 0 Å². The number of primary amides is 1. The summed E-state index contributed by atoms with van der Waals surface area (Å²) in [6.45, 7) is 1.77. The molecule has 0 spiro atoms. The minimum Gasteiger partial charge on any atom is -0.366 e. The van der Waals surface area contributed by atoms with Crippen molar-refractivity contribution in [2.75, 3.05) is 6.26 Å². The molecule has 0 saturated heterocycles. The number of benzene rings is 2. The maximum Gasteiger partial charge on any atom is 0.249 e. The highest BCUT2D eigenvalue weighted by Gasteiger charge is 2.19. The van der Waals surface area contributed by atoms with Crippen LogP contribution in [-0.4, -0.2) is 20.6 Å². The Hall–Kier alpha value is -2.14. The van der Waals surface area contributed by atoms with Crippen molar-refractivity contribution in [1.29, 1.82) is 0 Å². The molecule has 20 heavy (non-hydrogen) atoms. The van der Waals surface area contributed by atoms with Crippen LogP contribution in [0.1, 0.15) is 15.9 Å². The summed E-state index contributed by atoms with van der Waals surface area (Å²) in [7, 11) is -3.39. The Kier molecular flexibility index (Phi) is 3.63. The molecule has 0 aromatic heterocycles. The average molecular weight is 289 g/mol. The van der Waals surface area contributed by atoms with Crippen LogP contribution in [0.3, 0.4) is 0 Å². The zero-order valence-electron chi connectivity index (χ0n) is 11.3. The van der Waals surface area contributed by atoms with Crippen molar-refractivity contribution in [3.05, 3.63) is 53.6 Å². The van der Waals surface area contributed by atoms with Crippen LogP contribution in [-0.2, 0) is 9.84 Å². The van der Waals surface area contributed by atoms with Gasteiger partial charge in [-0.2, -0.15) is 0 Å². The zero-order chi connectivity index (χ0) is 14.9. The normalized spacial score (nSPS) is 11.3. The van der Waals surface area contributed by atoms with Gasteiger partial charge in [-0.3, -0.25) is 4.79 Å². The molecule has 4 nitrogen and oxygen atoms in total.